The molecular weight excluding hydrogens is 372 g/mol. The van der Waals surface area contributed by atoms with E-state index in [0.29, 0.717) is 11.4 Å². The second-order valence-electron chi connectivity index (χ2n) is 6.16. The highest BCUT2D eigenvalue weighted by Gasteiger charge is 2.26. The number of aryl methyl sites for hydroxylation is 1. The molecule has 0 spiro atoms. The van der Waals surface area contributed by atoms with E-state index in [1.54, 1.807) is 32.9 Å². The SMILES string of the molecule is Cc1nn(-c2ccccc2)c(Cl)c1C(=O)OC(C)C(=O)NC(=O)NC(C)C. The second-order valence-corrected chi connectivity index (χ2v) is 6.52. The van der Waals surface area contributed by atoms with E-state index in [0.717, 1.165) is 0 Å². The molecule has 1 unspecified atom stereocenters. The molecule has 0 radical (unpaired) electrons. The summed E-state index contributed by atoms with van der Waals surface area (Å²) in [7, 11) is 0. The van der Waals surface area contributed by atoms with Crippen molar-refractivity contribution in [2.75, 3.05) is 0 Å². The fraction of sp³-hybridized carbons (Fsp3) is 0.333. The van der Waals surface area contributed by atoms with Crippen molar-refractivity contribution >= 4 is 29.5 Å². The summed E-state index contributed by atoms with van der Waals surface area (Å²) in [4.78, 5) is 36.0. The fourth-order valence-electron chi connectivity index (χ4n) is 2.26. The highest BCUT2D eigenvalue weighted by molar-refractivity contribution is 6.33. The number of hydrogen-bond donors (Lipinski definition) is 2. The zero-order valence-electron chi connectivity index (χ0n) is 15.4. The number of nitrogens with one attached hydrogen (secondary N) is 2. The van der Waals surface area contributed by atoms with Crippen LogP contribution in [0.25, 0.3) is 5.69 Å². The van der Waals surface area contributed by atoms with E-state index < -0.39 is 24.0 Å². The van der Waals surface area contributed by atoms with Crippen molar-refractivity contribution < 1.29 is 19.1 Å². The number of carbonyl (C=O) groups excluding carboxylic acids is 3. The molecule has 144 valence electrons. The molecule has 0 saturated carbocycles. The Kier molecular flexibility index (Phi) is 6.57. The maximum Gasteiger partial charge on any atom is 0.344 e. The number of halogens is 1. The van der Waals surface area contributed by atoms with Gasteiger partial charge in [-0.05, 0) is 39.8 Å². The van der Waals surface area contributed by atoms with Crippen LogP contribution in [0.1, 0.15) is 36.8 Å². The average Bonchev–Trinajstić information content (AvgIpc) is 2.89. The van der Waals surface area contributed by atoms with E-state index in [1.165, 1.54) is 11.6 Å². The lowest BCUT2D eigenvalue weighted by atomic mass is 10.2. The Bertz CT molecular complexity index is 849. The number of nitrogens with zero attached hydrogens (tertiary/aromatic N) is 2. The molecule has 0 bridgehead atoms. The summed E-state index contributed by atoms with van der Waals surface area (Å²) in [6.07, 6.45) is -1.19. The number of urea groups is 1. The second kappa shape index (κ2) is 8.68. The third kappa shape index (κ3) is 5.07. The van der Waals surface area contributed by atoms with Crippen LogP contribution in [0.4, 0.5) is 4.79 Å². The third-order valence-electron chi connectivity index (χ3n) is 3.52. The summed E-state index contributed by atoms with van der Waals surface area (Å²) in [5, 5.41) is 8.95. The zero-order chi connectivity index (χ0) is 20.1. The first-order valence-corrected chi connectivity index (χ1v) is 8.71. The van der Waals surface area contributed by atoms with Crippen LogP contribution >= 0.6 is 11.6 Å². The summed E-state index contributed by atoms with van der Waals surface area (Å²) < 4.78 is 6.56. The first-order chi connectivity index (χ1) is 12.7. The summed E-state index contributed by atoms with van der Waals surface area (Å²) in [6.45, 7) is 6.48. The van der Waals surface area contributed by atoms with Gasteiger partial charge in [0, 0.05) is 6.04 Å². The Morgan fingerprint density at radius 2 is 1.78 bits per heavy atom. The molecule has 9 heteroatoms. The van der Waals surface area contributed by atoms with Crippen LogP contribution in [0.2, 0.25) is 5.15 Å². The molecule has 2 N–H and O–H groups in total. The highest BCUT2D eigenvalue weighted by atomic mass is 35.5. The number of para-hydroxylation sites is 1. The number of esters is 1. The molecule has 1 aromatic heterocycles. The van der Waals surface area contributed by atoms with Crippen molar-refractivity contribution in [2.24, 2.45) is 0 Å². The van der Waals surface area contributed by atoms with Crippen LogP contribution in [0, 0.1) is 6.92 Å². The first kappa shape index (κ1) is 20.4. The molecule has 1 aromatic carbocycles. The van der Waals surface area contributed by atoms with Crippen LogP contribution in [-0.2, 0) is 9.53 Å². The summed E-state index contributed by atoms with van der Waals surface area (Å²) in [6, 6.07) is 8.25. The van der Waals surface area contributed by atoms with Crippen molar-refractivity contribution in [3.8, 4) is 5.69 Å². The Morgan fingerprint density at radius 3 is 2.37 bits per heavy atom. The molecule has 8 nitrogen and oxygen atoms in total. The Morgan fingerprint density at radius 1 is 1.15 bits per heavy atom. The molecule has 2 rings (SSSR count). The lowest BCUT2D eigenvalue weighted by Crippen LogP contribution is -2.46. The van der Waals surface area contributed by atoms with Crippen LogP contribution in [0.5, 0.6) is 0 Å². The summed E-state index contributed by atoms with van der Waals surface area (Å²) >= 11 is 6.30. The molecule has 0 aliphatic heterocycles. The van der Waals surface area contributed by atoms with E-state index in [2.05, 4.69) is 15.7 Å². The minimum absolute atomic E-state index is 0.0619. The van der Waals surface area contributed by atoms with E-state index in [1.807, 2.05) is 18.2 Å². The number of ether oxygens (including phenoxy) is 1. The van der Waals surface area contributed by atoms with E-state index >= 15 is 0 Å². The smallest absolute Gasteiger partial charge is 0.344 e. The number of rotatable bonds is 5. The van der Waals surface area contributed by atoms with Crippen molar-refractivity contribution in [3.05, 3.63) is 46.7 Å². The van der Waals surface area contributed by atoms with Gasteiger partial charge in [-0.3, -0.25) is 10.1 Å². The van der Waals surface area contributed by atoms with Gasteiger partial charge in [0.15, 0.2) is 6.10 Å². The standard InChI is InChI=1S/C18H21ClN4O4/c1-10(2)20-18(26)21-16(24)12(4)27-17(25)14-11(3)22-23(15(14)19)13-8-6-5-7-9-13/h5-10,12H,1-4H3,(H2,20,21,24,26). The normalized spacial score (nSPS) is 11.8. The van der Waals surface area contributed by atoms with E-state index in [4.69, 9.17) is 16.3 Å². The maximum atomic E-state index is 12.5. The van der Waals surface area contributed by atoms with Crippen LogP contribution in [0.3, 0.4) is 0 Å². The zero-order valence-corrected chi connectivity index (χ0v) is 16.2. The average molecular weight is 393 g/mol. The molecule has 0 aliphatic rings. The predicted molar refractivity (Wildman–Crippen MR) is 100.0 cm³/mol. The number of amides is 3. The third-order valence-corrected chi connectivity index (χ3v) is 3.87. The van der Waals surface area contributed by atoms with Crippen LogP contribution < -0.4 is 10.6 Å². The minimum atomic E-state index is -1.19. The molecule has 1 heterocycles. The molecule has 3 amide bonds. The van der Waals surface area contributed by atoms with Gasteiger partial charge in [-0.25, -0.2) is 14.3 Å². The van der Waals surface area contributed by atoms with Crippen LogP contribution in [0.15, 0.2) is 30.3 Å². The Balaban J connectivity index is 2.11. The van der Waals surface area contributed by atoms with Gasteiger partial charge < -0.3 is 10.1 Å². The lowest BCUT2D eigenvalue weighted by Gasteiger charge is -2.14. The highest BCUT2D eigenvalue weighted by Crippen LogP contribution is 2.24. The van der Waals surface area contributed by atoms with Crippen molar-refractivity contribution in [1.82, 2.24) is 20.4 Å². The number of carbonyl (C=O) groups is 3. The summed E-state index contributed by atoms with van der Waals surface area (Å²) in [5.41, 5.74) is 1.10. The van der Waals surface area contributed by atoms with Crippen LogP contribution in [-0.4, -0.2) is 39.8 Å². The minimum Gasteiger partial charge on any atom is -0.449 e. The quantitative estimate of drug-likeness (QED) is 0.761. The van der Waals surface area contributed by atoms with Gasteiger partial charge in [0.05, 0.1) is 11.4 Å². The maximum absolute atomic E-state index is 12.5. The molecule has 2 aromatic rings. The lowest BCUT2D eigenvalue weighted by molar-refractivity contribution is -0.127. The Labute approximate surface area is 161 Å². The van der Waals surface area contributed by atoms with Gasteiger partial charge >= 0.3 is 12.0 Å². The number of aromatic nitrogens is 2. The predicted octanol–water partition coefficient (Wildman–Crippen LogP) is 2.61. The largest absolute Gasteiger partial charge is 0.449 e. The number of hydrogen-bond acceptors (Lipinski definition) is 5. The number of imide groups is 1. The van der Waals surface area contributed by atoms with Gasteiger partial charge in [0.1, 0.15) is 10.7 Å². The van der Waals surface area contributed by atoms with E-state index in [-0.39, 0.29) is 16.8 Å². The van der Waals surface area contributed by atoms with Crippen molar-refractivity contribution in [2.45, 2.75) is 39.8 Å². The van der Waals surface area contributed by atoms with Crippen molar-refractivity contribution in [1.29, 1.82) is 0 Å². The molecule has 0 aliphatic carbocycles. The van der Waals surface area contributed by atoms with E-state index in [9.17, 15) is 14.4 Å². The van der Waals surface area contributed by atoms with Gasteiger partial charge in [0.25, 0.3) is 5.91 Å². The summed E-state index contributed by atoms with van der Waals surface area (Å²) in [5.74, 6) is -1.54. The fourth-order valence-corrected chi connectivity index (χ4v) is 2.61. The molecule has 27 heavy (non-hydrogen) atoms. The molecular formula is C18H21ClN4O4. The molecule has 0 saturated heterocycles. The van der Waals surface area contributed by atoms with Gasteiger partial charge in [-0.15, -0.1) is 0 Å². The van der Waals surface area contributed by atoms with Gasteiger partial charge in [-0.2, -0.15) is 5.10 Å². The van der Waals surface area contributed by atoms with Crippen molar-refractivity contribution in [3.63, 3.8) is 0 Å². The van der Waals surface area contributed by atoms with Gasteiger partial charge in [0.2, 0.25) is 0 Å². The molecule has 0 fully saturated rings. The number of benzene rings is 1. The molecule has 1 atom stereocenters. The topological polar surface area (TPSA) is 102 Å². The first-order valence-electron chi connectivity index (χ1n) is 8.33. The van der Waals surface area contributed by atoms with Gasteiger partial charge in [-0.1, -0.05) is 29.8 Å². The monoisotopic (exact) mass is 392 g/mol. The Hall–Kier alpha value is -2.87.